The molecule has 0 radical (unpaired) electrons. The Hall–Kier alpha value is -1.56. The van der Waals surface area contributed by atoms with Crippen LogP contribution in [0.2, 0.25) is 24.2 Å². The van der Waals surface area contributed by atoms with Crippen molar-refractivity contribution in [3.8, 4) is 5.75 Å². The number of anilines is 1. The first-order chi connectivity index (χ1) is 9.04. The Balaban J connectivity index is 2.68. The molecule has 112 valence electrons. The van der Waals surface area contributed by atoms with Crippen molar-refractivity contribution >= 4 is 19.4 Å². The van der Waals surface area contributed by atoms with Crippen LogP contribution in [0.15, 0.2) is 18.2 Å². The maximum absolute atomic E-state index is 10.8. The second-order valence-electron chi connectivity index (χ2n) is 6.71. The summed E-state index contributed by atoms with van der Waals surface area (Å²) >= 11 is 0. The van der Waals surface area contributed by atoms with Gasteiger partial charge in [-0.3, -0.25) is 10.1 Å². The topological polar surface area (TPSA) is 78.4 Å². The molecule has 1 aromatic rings. The number of nitro groups is 1. The number of nitrogen functional groups attached to an aromatic ring is 1. The highest BCUT2D eigenvalue weighted by atomic mass is 28.3. The van der Waals surface area contributed by atoms with Gasteiger partial charge >= 0.3 is 0 Å². The van der Waals surface area contributed by atoms with Crippen molar-refractivity contribution < 1.29 is 9.66 Å². The van der Waals surface area contributed by atoms with Crippen molar-refractivity contribution in [1.29, 1.82) is 0 Å². The summed E-state index contributed by atoms with van der Waals surface area (Å²) in [6, 6.07) is 5.59. The van der Waals surface area contributed by atoms with Gasteiger partial charge in [-0.15, -0.1) is 0 Å². The van der Waals surface area contributed by atoms with E-state index in [9.17, 15) is 10.1 Å². The van der Waals surface area contributed by atoms with Crippen LogP contribution in [0.1, 0.15) is 20.8 Å². The molecule has 0 saturated heterocycles. The van der Waals surface area contributed by atoms with Crippen LogP contribution in [0.3, 0.4) is 0 Å². The summed E-state index contributed by atoms with van der Waals surface area (Å²) in [6.07, 6.45) is 0. The molecule has 0 bridgehead atoms. The van der Waals surface area contributed by atoms with Gasteiger partial charge in [-0.05, 0) is 23.2 Å². The van der Waals surface area contributed by atoms with E-state index in [1.165, 1.54) is 12.1 Å². The Morgan fingerprint density at radius 2 is 1.95 bits per heavy atom. The molecule has 0 atom stereocenters. The zero-order valence-electron chi connectivity index (χ0n) is 12.9. The third kappa shape index (κ3) is 3.96. The van der Waals surface area contributed by atoms with E-state index in [4.69, 9.17) is 10.5 Å². The molecule has 0 aliphatic carbocycles. The molecule has 2 N–H and O–H groups in total. The number of nitrogens with zero attached hydrogens (tertiary/aromatic N) is 1. The summed E-state index contributed by atoms with van der Waals surface area (Å²) in [5.41, 5.74) is 5.61. The average molecular weight is 296 g/mol. The molecular formula is C14H24N2O3Si. The molecule has 0 amide bonds. The minimum atomic E-state index is -1.39. The molecule has 0 spiro atoms. The Morgan fingerprint density at radius 3 is 2.45 bits per heavy atom. The highest BCUT2D eigenvalue weighted by Crippen LogP contribution is 2.38. The van der Waals surface area contributed by atoms with Gasteiger partial charge in [-0.25, -0.2) is 0 Å². The minimum absolute atomic E-state index is 0.102. The molecule has 20 heavy (non-hydrogen) atoms. The smallest absolute Gasteiger partial charge is 0.295 e. The standard InChI is InChI=1S/C14H24N2O3Si/c1-14(2,3)20(4,5)9-8-19-11-6-7-12(15)13(10-11)16(17)18/h6-7,10H,8-9,15H2,1-5H3. The van der Waals surface area contributed by atoms with Crippen LogP contribution in [0.25, 0.3) is 0 Å². The van der Waals surface area contributed by atoms with Crippen LogP contribution in [0, 0.1) is 10.1 Å². The van der Waals surface area contributed by atoms with Crippen LogP contribution in [0.5, 0.6) is 5.75 Å². The number of nitrogens with two attached hydrogens (primary N) is 1. The Labute approximate surface area is 121 Å². The van der Waals surface area contributed by atoms with E-state index in [0.717, 1.165) is 6.04 Å². The number of hydrogen-bond acceptors (Lipinski definition) is 4. The van der Waals surface area contributed by atoms with Gasteiger partial charge in [-0.2, -0.15) is 0 Å². The number of hydrogen-bond donors (Lipinski definition) is 1. The zero-order chi connectivity index (χ0) is 15.6. The van der Waals surface area contributed by atoms with Gasteiger partial charge in [0.15, 0.2) is 0 Å². The van der Waals surface area contributed by atoms with Gasteiger partial charge < -0.3 is 10.5 Å². The van der Waals surface area contributed by atoms with Crippen molar-refractivity contribution in [3.63, 3.8) is 0 Å². The maximum atomic E-state index is 10.8. The quantitative estimate of drug-likeness (QED) is 0.384. The number of rotatable bonds is 5. The lowest BCUT2D eigenvalue weighted by Crippen LogP contribution is -2.38. The molecule has 5 nitrogen and oxygen atoms in total. The third-order valence-electron chi connectivity index (χ3n) is 4.22. The third-order valence-corrected chi connectivity index (χ3v) is 9.74. The molecule has 0 aromatic heterocycles. The van der Waals surface area contributed by atoms with Gasteiger partial charge in [0.05, 0.1) is 25.7 Å². The Bertz CT molecular complexity index is 496. The SMILES string of the molecule is CC(C)(C)[Si](C)(C)CCOc1ccc(N)c([N+](=O)[O-])c1. The van der Waals surface area contributed by atoms with E-state index in [-0.39, 0.29) is 11.4 Å². The fraction of sp³-hybridized carbons (Fsp3) is 0.571. The summed E-state index contributed by atoms with van der Waals surface area (Å²) in [5.74, 6) is 0.504. The molecular weight excluding hydrogens is 272 g/mol. The predicted molar refractivity (Wildman–Crippen MR) is 85.0 cm³/mol. The van der Waals surface area contributed by atoms with E-state index in [0.29, 0.717) is 17.4 Å². The molecule has 1 aromatic carbocycles. The summed E-state index contributed by atoms with van der Waals surface area (Å²) in [5, 5.41) is 11.1. The second kappa shape index (κ2) is 5.83. The van der Waals surface area contributed by atoms with Gasteiger partial charge in [0.25, 0.3) is 5.69 Å². The highest BCUT2D eigenvalue weighted by Gasteiger charge is 2.34. The van der Waals surface area contributed by atoms with Crippen LogP contribution in [0.4, 0.5) is 11.4 Å². The summed E-state index contributed by atoms with van der Waals surface area (Å²) in [6.45, 7) is 12.0. The highest BCUT2D eigenvalue weighted by molar-refractivity contribution is 6.80. The first-order valence-corrected chi connectivity index (χ1v) is 9.92. The van der Waals surface area contributed by atoms with E-state index >= 15 is 0 Å². The molecule has 6 heteroatoms. The molecule has 0 aliphatic rings. The lowest BCUT2D eigenvalue weighted by atomic mass is 10.2. The molecule has 0 fully saturated rings. The van der Waals surface area contributed by atoms with Crippen molar-refractivity contribution in [1.82, 2.24) is 0 Å². The van der Waals surface area contributed by atoms with Crippen molar-refractivity contribution in [3.05, 3.63) is 28.3 Å². The van der Waals surface area contributed by atoms with E-state index < -0.39 is 13.0 Å². The normalized spacial score (nSPS) is 12.2. The van der Waals surface area contributed by atoms with Gasteiger partial charge in [-0.1, -0.05) is 33.9 Å². The molecule has 1 rings (SSSR count). The van der Waals surface area contributed by atoms with Crippen molar-refractivity contribution in [2.75, 3.05) is 12.3 Å². The maximum Gasteiger partial charge on any atom is 0.295 e. The van der Waals surface area contributed by atoms with Crippen molar-refractivity contribution in [2.24, 2.45) is 0 Å². The van der Waals surface area contributed by atoms with Gasteiger partial charge in [0.2, 0.25) is 0 Å². The molecule has 0 saturated carbocycles. The van der Waals surface area contributed by atoms with Gasteiger partial charge in [0, 0.05) is 0 Å². The first-order valence-electron chi connectivity index (χ1n) is 6.71. The fourth-order valence-corrected chi connectivity index (χ4v) is 2.93. The van der Waals surface area contributed by atoms with Crippen LogP contribution in [-0.4, -0.2) is 19.6 Å². The fourth-order valence-electron chi connectivity index (χ4n) is 1.57. The van der Waals surface area contributed by atoms with Crippen molar-refractivity contribution in [2.45, 2.75) is 44.9 Å². The summed E-state index contributed by atoms with van der Waals surface area (Å²) in [4.78, 5) is 10.3. The van der Waals surface area contributed by atoms with Crippen LogP contribution >= 0.6 is 0 Å². The monoisotopic (exact) mass is 296 g/mol. The summed E-state index contributed by atoms with van der Waals surface area (Å²) in [7, 11) is -1.39. The lowest BCUT2D eigenvalue weighted by Gasteiger charge is -2.36. The average Bonchev–Trinajstić information content (AvgIpc) is 2.29. The number of benzene rings is 1. The van der Waals surface area contributed by atoms with Gasteiger partial charge in [0.1, 0.15) is 11.4 Å². The Kier molecular flexibility index (Phi) is 4.80. The summed E-state index contributed by atoms with van der Waals surface area (Å²) < 4.78 is 5.66. The zero-order valence-corrected chi connectivity index (χ0v) is 13.9. The number of nitro benzene ring substituents is 1. The molecule has 0 heterocycles. The van der Waals surface area contributed by atoms with E-state index in [1.54, 1.807) is 6.07 Å². The largest absolute Gasteiger partial charge is 0.494 e. The minimum Gasteiger partial charge on any atom is -0.494 e. The number of ether oxygens (including phenoxy) is 1. The Morgan fingerprint density at radius 1 is 1.35 bits per heavy atom. The predicted octanol–water partition coefficient (Wildman–Crippen LogP) is 4.06. The van der Waals surface area contributed by atoms with Crippen LogP contribution in [-0.2, 0) is 0 Å². The first kappa shape index (κ1) is 16.5. The van der Waals surface area contributed by atoms with Crippen LogP contribution < -0.4 is 10.5 Å². The van der Waals surface area contributed by atoms with E-state index in [1.807, 2.05) is 0 Å². The lowest BCUT2D eigenvalue weighted by molar-refractivity contribution is -0.384. The molecule has 0 unspecified atom stereocenters. The van der Waals surface area contributed by atoms with E-state index in [2.05, 4.69) is 33.9 Å². The second-order valence-corrected chi connectivity index (χ2v) is 12.5. The molecule has 0 aliphatic heterocycles.